The number of rotatable bonds is 4. The SMILES string of the molecule is Nc1ccc(OCc2ccccc2)c(-c2ccc(F)cc2F)c1. The monoisotopic (exact) mass is 311 g/mol. The molecular formula is C19H15F2NO. The second-order valence-corrected chi connectivity index (χ2v) is 5.15. The quantitative estimate of drug-likeness (QED) is 0.703. The van der Waals surface area contributed by atoms with E-state index in [9.17, 15) is 8.78 Å². The molecule has 23 heavy (non-hydrogen) atoms. The summed E-state index contributed by atoms with van der Waals surface area (Å²) in [6.07, 6.45) is 0. The van der Waals surface area contributed by atoms with E-state index < -0.39 is 11.6 Å². The van der Waals surface area contributed by atoms with Crippen molar-refractivity contribution in [2.75, 3.05) is 5.73 Å². The largest absolute Gasteiger partial charge is 0.488 e. The molecule has 0 saturated carbocycles. The number of ether oxygens (including phenoxy) is 1. The Hall–Kier alpha value is -2.88. The number of benzene rings is 3. The fraction of sp³-hybridized carbons (Fsp3) is 0.0526. The van der Waals surface area contributed by atoms with Crippen LogP contribution >= 0.6 is 0 Å². The third kappa shape index (κ3) is 3.48. The summed E-state index contributed by atoms with van der Waals surface area (Å²) in [6.45, 7) is 0.348. The van der Waals surface area contributed by atoms with Gasteiger partial charge in [0.1, 0.15) is 24.0 Å². The van der Waals surface area contributed by atoms with Gasteiger partial charge in [-0.15, -0.1) is 0 Å². The molecule has 0 heterocycles. The second-order valence-electron chi connectivity index (χ2n) is 5.15. The smallest absolute Gasteiger partial charge is 0.134 e. The first-order valence-corrected chi connectivity index (χ1v) is 7.15. The van der Waals surface area contributed by atoms with Gasteiger partial charge in [-0.1, -0.05) is 30.3 Å². The van der Waals surface area contributed by atoms with Crippen molar-refractivity contribution in [3.05, 3.63) is 83.9 Å². The summed E-state index contributed by atoms with van der Waals surface area (Å²) in [5.74, 6) is -0.782. The van der Waals surface area contributed by atoms with Gasteiger partial charge in [0.25, 0.3) is 0 Å². The Bertz CT molecular complexity index is 819. The Morgan fingerprint density at radius 3 is 2.35 bits per heavy atom. The number of anilines is 1. The second kappa shape index (κ2) is 6.48. The normalized spacial score (nSPS) is 10.5. The highest BCUT2D eigenvalue weighted by molar-refractivity contribution is 5.74. The van der Waals surface area contributed by atoms with Gasteiger partial charge in [-0.3, -0.25) is 0 Å². The van der Waals surface area contributed by atoms with Crippen molar-refractivity contribution in [1.29, 1.82) is 0 Å². The first-order valence-electron chi connectivity index (χ1n) is 7.15. The molecule has 3 aromatic rings. The lowest BCUT2D eigenvalue weighted by atomic mass is 10.0. The average molecular weight is 311 g/mol. The summed E-state index contributed by atoms with van der Waals surface area (Å²) in [5, 5.41) is 0. The molecule has 0 unspecified atom stereocenters. The van der Waals surface area contributed by atoms with Gasteiger partial charge in [0, 0.05) is 22.9 Å². The van der Waals surface area contributed by atoms with E-state index in [1.165, 1.54) is 12.1 Å². The van der Waals surface area contributed by atoms with Crippen LogP contribution in [0.2, 0.25) is 0 Å². The molecule has 0 saturated heterocycles. The lowest BCUT2D eigenvalue weighted by Crippen LogP contribution is -1.99. The zero-order valence-corrected chi connectivity index (χ0v) is 12.3. The van der Waals surface area contributed by atoms with Crippen LogP contribution in [0, 0.1) is 11.6 Å². The zero-order chi connectivity index (χ0) is 16.2. The molecule has 3 rings (SSSR count). The molecule has 0 bridgehead atoms. The summed E-state index contributed by atoms with van der Waals surface area (Å²) in [4.78, 5) is 0. The summed E-state index contributed by atoms with van der Waals surface area (Å²) in [5.41, 5.74) is 8.03. The van der Waals surface area contributed by atoms with E-state index in [1.807, 2.05) is 30.3 Å². The molecular weight excluding hydrogens is 296 g/mol. The summed E-state index contributed by atoms with van der Waals surface area (Å²) < 4.78 is 33.0. The van der Waals surface area contributed by atoms with Crippen LogP contribution in [0.3, 0.4) is 0 Å². The van der Waals surface area contributed by atoms with Gasteiger partial charge in [-0.25, -0.2) is 8.78 Å². The lowest BCUT2D eigenvalue weighted by Gasteiger charge is -2.13. The van der Waals surface area contributed by atoms with Crippen LogP contribution in [-0.2, 0) is 6.61 Å². The maximum Gasteiger partial charge on any atom is 0.134 e. The molecule has 0 aliphatic carbocycles. The topological polar surface area (TPSA) is 35.2 Å². The van der Waals surface area contributed by atoms with Crippen LogP contribution in [0.1, 0.15) is 5.56 Å². The van der Waals surface area contributed by atoms with Gasteiger partial charge in [0.2, 0.25) is 0 Å². The molecule has 2 nitrogen and oxygen atoms in total. The van der Waals surface area contributed by atoms with Crippen molar-refractivity contribution in [2.45, 2.75) is 6.61 Å². The number of nitrogens with two attached hydrogens (primary N) is 1. The number of halogens is 2. The molecule has 4 heteroatoms. The molecule has 0 spiro atoms. The average Bonchev–Trinajstić information content (AvgIpc) is 2.55. The predicted octanol–water partition coefficient (Wildman–Crippen LogP) is 4.79. The van der Waals surface area contributed by atoms with Crippen LogP contribution in [-0.4, -0.2) is 0 Å². The number of nitrogen functional groups attached to an aromatic ring is 1. The Labute approximate surface area is 133 Å². The highest BCUT2D eigenvalue weighted by Crippen LogP contribution is 2.34. The van der Waals surface area contributed by atoms with E-state index in [0.29, 0.717) is 23.6 Å². The van der Waals surface area contributed by atoms with E-state index in [0.717, 1.165) is 11.6 Å². The van der Waals surface area contributed by atoms with E-state index in [-0.39, 0.29) is 5.56 Å². The van der Waals surface area contributed by atoms with Crippen molar-refractivity contribution in [3.8, 4) is 16.9 Å². The molecule has 0 aromatic heterocycles. The van der Waals surface area contributed by atoms with E-state index in [2.05, 4.69) is 0 Å². The zero-order valence-electron chi connectivity index (χ0n) is 12.3. The molecule has 0 aliphatic heterocycles. The molecule has 0 fully saturated rings. The van der Waals surface area contributed by atoms with Crippen LogP contribution < -0.4 is 10.5 Å². The van der Waals surface area contributed by atoms with Gasteiger partial charge in [-0.2, -0.15) is 0 Å². The third-order valence-electron chi connectivity index (χ3n) is 3.46. The van der Waals surface area contributed by atoms with E-state index in [4.69, 9.17) is 10.5 Å². The molecule has 0 amide bonds. The van der Waals surface area contributed by atoms with Gasteiger partial charge in [-0.05, 0) is 35.9 Å². The van der Waals surface area contributed by atoms with Crippen LogP contribution in [0.15, 0.2) is 66.7 Å². The van der Waals surface area contributed by atoms with Crippen molar-refractivity contribution in [3.63, 3.8) is 0 Å². The molecule has 0 atom stereocenters. The van der Waals surface area contributed by atoms with Gasteiger partial charge in [0.05, 0.1) is 0 Å². The fourth-order valence-corrected chi connectivity index (χ4v) is 2.33. The predicted molar refractivity (Wildman–Crippen MR) is 87.0 cm³/mol. The number of hydrogen-bond donors (Lipinski definition) is 1. The highest BCUT2D eigenvalue weighted by Gasteiger charge is 2.12. The standard InChI is InChI=1S/C19H15F2NO/c20-14-6-8-16(18(21)10-14)17-11-15(22)7-9-19(17)23-12-13-4-2-1-3-5-13/h1-11H,12,22H2. The van der Waals surface area contributed by atoms with E-state index >= 15 is 0 Å². The Kier molecular flexibility index (Phi) is 4.24. The Balaban J connectivity index is 1.95. The molecule has 2 N–H and O–H groups in total. The van der Waals surface area contributed by atoms with Crippen molar-refractivity contribution in [1.82, 2.24) is 0 Å². The van der Waals surface area contributed by atoms with Gasteiger partial charge < -0.3 is 10.5 Å². The fourth-order valence-electron chi connectivity index (χ4n) is 2.33. The third-order valence-corrected chi connectivity index (χ3v) is 3.46. The summed E-state index contributed by atoms with van der Waals surface area (Å²) >= 11 is 0. The Morgan fingerprint density at radius 2 is 1.61 bits per heavy atom. The van der Waals surface area contributed by atoms with Crippen LogP contribution in [0.25, 0.3) is 11.1 Å². The molecule has 0 aliphatic rings. The Morgan fingerprint density at radius 1 is 0.826 bits per heavy atom. The van der Waals surface area contributed by atoms with Gasteiger partial charge in [0.15, 0.2) is 0 Å². The summed E-state index contributed by atoms with van der Waals surface area (Å²) in [7, 11) is 0. The van der Waals surface area contributed by atoms with E-state index in [1.54, 1.807) is 18.2 Å². The lowest BCUT2D eigenvalue weighted by molar-refractivity contribution is 0.307. The molecule has 116 valence electrons. The molecule has 0 radical (unpaired) electrons. The minimum Gasteiger partial charge on any atom is -0.488 e. The number of hydrogen-bond acceptors (Lipinski definition) is 2. The van der Waals surface area contributed by atoms with Crippen LogP contribution in [0.4, 0.5) is 14.5 Å². The minimum atomic E-state index is -0.653. The maximum absolute atomic E-state index is 14.1. The first-order chi connectivity index (χ1) is 11.1. The van der Waals surface area contributed by atoms with Gasteiger partial charge >= 0.3 is 0 Å². The first kappa shape index (κ1) is 15.0. The van der Waals surface area contributed by atoms with Crippen molar-refractivity contribution < 1.29 is 13.5 Å². The highest BCUT2D eigenvalue weighted by atomic mass is 19.1. The summed E-state index contributed by atoms with van der Waals surface area (Å²) in [6, 6.07) is 18.1. The van der Waals surface area contributed by atoms with Crippen molar-refractivity contribution in [2.24, 2.45) is 0 Å². The maximum atomic E-state index is 14.1. The van der Waals surface area contributed by atoms with Crippen LogP contribution in [0.5, 0.6) is 5.75 Å². The minimum absolute atomic E-state index is 0.252. The van der Waals surface area contributed by atoms with Crippen molar-refractivity contribution >= 4 is 5.69 Å². The molecule has 3 aromatic carbocycles.